The number of nitrogens with zero attached hydrogens (tertiary/aromatic N) is 1. The fourth-order valence-corrected chi connectivity index (χ4v) is 7.49. The van der Waals surface area contributed by atoms with Crippen molar-refractivity contribution >= 4 is 5.91 Å². The highest BCUT2D eigenvalue weighted by Crippen LogP contribution is 2.53. The predicted octanol–water partition coefficient (Wildman–Crippen LogP) is 5.40. The molecule has 3 fully saturated rings. The lowest BCUT2D eigenvalue weighted by atomic mass is 9.55. The Hall–Kier alpha value is -2.37. The first-order valence-electron chi connectivity index (χ1n) is 14.9. The molecule has 5 nitrogen and oxygen atoms in total. The highest BCUT2D eigenvalue weighted by molar-refractivity contribution is 5.76. The zero-order chi connectivity index (χ0) is 26.6. The van der Waals surface area contributed by atoms with Crippen LogP contribution in [0, 0.1) is 5.92 Å². The van der Waals surface area contributed by atoms with Gasteiger partial charge in [-0.2, -0.15) is 0 Å². The second-order valence-corrected chi connectivity index (χ2v) is 12.8. The SMILES string of the molecule is COc1cccc([C@@]23CC[N@+](C)(CC4CC4)CC2(O)CC[C@@H](NC(=O)CCCCCc2ccccc2)C3)c1. The maximum Gasteiger partial charge on any atom is 0.220 e. The quantitative estimate of drug-likeness (QED) is 0.309. The molecule has 3 aliphatic rings. The van der Waals surface area contributed by atoms with Gasteiger partial charge in [0.15, 0.2) is 0 Å². The Kier molecular flexibility index (Phi) is 8.16. The Balaban J connectivity index is 1.23. The highest BCUT2D eigenvalue weighted by Gasteiger charge is 2.61. The van der Waals surface area contributed by atoms with Crippen LogP contribution >= 0.6 is 0 Å². The maximum absolute atomic E-state index is 13.0. The molecule has 2 aliphatic carbocycles. The van der Waals surface area contributed by atoms with Crippen molar-refractivity contribution in [2.75, 3.05) is 33.8 Å². The third kappa shape index (κ3) is 6.10. The van der Waals surface area contributed by atoms with E-state index in [2.05, 4.69) is 54.8 Å². The summed E-state index contributed by atoms with van der Waals surface area (Å²) in [6.45, 7) is 3.04. The molecule has 1 unspecified atom stereocenters. The number of quaternary nitrogens is 1. The van der Waals surface area contributed by atoms with Crippen LogP contribution in [0.3, 0.4) is 0 Å². The van der Waals surface area contributed by atoms with E-state index in [1.807, 2.05) is 12.1 Å². The summed E-state index contributed by atoms with van der Waals surface area (Å²) in [7, 11) is 4.05. The fourth-order valence-electron chi connectivity index (χ4n) is 7.49. The van der Waals surface area contributed by atoms with Crippen molar-refractivity contribution in [2.45, 2.75) is 87.7 Å². The number of methoxy groups -OCH3 is 1. The summed E-state index contributed by atoms with van der Waals surface area (Å²) in [6, 6.07) is 19.0. The van der Waals surface area contributed by atoms with Crippen molar-refractivity contribution in [2.24, 2.45) is 5.92 Å². The zero-order valence-electron chi connectivity index (χ0n) is 23.5. The molecular formula is C33H47N2O3+. The number of carbonyl (C=O) groups is 1. The zero-order valence-corrected chi connectivity index (χ0v) is 23.5. The number of benzene rings is 2. The standard InChI is InChI=1S/C33H46N2O3/c1-35(24-27-16-17-27)21-20-32(28-13-9-14-30(22-28)38-2)23-29(18-19-33(32,37)25-35)34-31(36)15-8-4-7-12-26-10-5-3-6-11-26/h3,5-6,9-11,13-14,22,27,29,37H,4,7-8,12,15-21,23-25H2,1-2H3/p+1/t29-,32+,33?,35-/m1/s1. The largest absolute Gasteiger partial charge is 0.497 e. The van der Waals surface area contributed by atoms with Crippen molar-refractivity contribution < 1.29 is 19.1 Å². The average molecular weight is 520 g/mol. The summed E-state index contributed by atoms with van der Waals surface area (Å²) >= 11 is 0. The van der Waals surface area contributed by atoms with Gasteiger partial charge in [0.05, 0.1) is 27.2 Å². The van der Waals surface area contributed by atoms with E-state index in [9.17, 15) is 9.90 Å². The number of hydrogen-bond acceptors (Lipinski definition) is 3. The van der Waals surface area contributed by atoms with Crippen LogP contribution in [0.1, 0.15) is 75.3 Å². The van der Waals surface area contributed by atoms with Crippen LogP contribution in [0.2, 0.25) is 0 Å². The lowest BCUT2D eigenvalue weighted by molar-refractivity contribution is -0.925. The number of nitrogens with one attached hydrogen (secondary N) is 1. The van der Waals surface area contributed by atoms with E-state index < -0.39 is 5.60 Å². The number of aliphatic hydroxyl groups is 1. The van der Waals surface area contributed by atoms with Crippen molar-refractivity contribution in [3.63, 3.8) is 0 Å². The third-order valence-corrected chi connectivity index (χ3v) is 9.71. The van der Waals surface area contributed by atoms with Crippen molar-refractivity contribution in [3.05, 3.63) is 65.7 Å². The lowest BCUT2D eigenvalue weighted by Gasteiger charge is -2.59. The minimum absolute atomic E-state index is 0.0959. The Labute approximate surface area is 229 Å². The van der Waals surface area contributed by atoms with Gasteiger partial charge in [-0.1, -0.05) is 48.9 Å². The molecule has 1 aliphatic heterocycles. The normalized spacial score (nSPS) is 30.9. The monoisotopic (exact) mass is 519 g/mol. The van der Waals surface area contributed by atoms with Gasteiger partial charge in [0.1, 0.15) is 17.9 Å². The number of likely N-dealkylation sites (N-methyl/N-ethyl adjacent to an activating group) is 1. The molecule has 0 aromatic heterocycles. The number of unbranched alkanes of at least 4 members (excludes halogenated alkanes) is 2. The number of hydrogen-bond donors (Lipinski definition) is 2. The molecule has 2 saturated carbocycles. The Morgan fingerprint density at radius 1 is 1.05 bits per heavy atom. The average Bonchev–Trinajstić information content (AvgIpc) is 3.73. The predicted molar refractivity (Wildman–Crippen MR) is 152 cm³/mol. The highest BCUT2D eigenvalue weighted by atomic mass is 16.5. The molecule has 4 atom stereocenters. The number of rotatable bonds is 11. The molecule has 0 radical (unpaired) electrons. The summed E-state index contributed by atoms with van der Waals surface area (Å²) in [5.74, 6) is 1.82. The second-order valence-electron chi connectivity index (χ2n) is 12.8. The summed E-state index contributed by atoms with van der Waals surface area (Å²) in [5, 5.41) is 15.8. The number of likely N-dealkylation sites (tertiary alicyclic amines) is 1. The minimum Gasteiger partial charge on any atom is -0.497 e. The molecule has 2 aromatic rings. The van der Waals surface area contributed by atoms with Crippen LogP contribution in [0.25, 0.3) is 0 Å². The summed E-state index contributed by atoms with van der Waals surface area (Å²) in [5.41, 5.74) is 1.39. The van der Waals surface area contributed by atoms with E-state index in [1.165, 1.54) is 24.9 Å². The second kappa shape index (κ2) is 11.4. The molecule has 2 N–H and O–H groups in total. The first kappa shape index (κ1) is 27.2. The van der Waals surface area contributed by atoms with Gasteiger partial charge in [0.25, 0.3) is 0 Å². The van der Waals surface area contributed by atoms with E-state index >= 15 is 0 Å². The van der Waals surface area contributed by atoms with E-state index in [0.717, 1.165) is 86.2 Å². The molecule has 1 heterocycles. The number of amides is 1. The van der Waals surface area contributed by atoms with Crippen LogP contribution in [0.4, 0.5) is 0 Å². The first-order valence-corrected chi connectivity index (χ1v) is 14.9. The molecule has 1 amide bonds. The molecule has 1 saturated heterocycles. The van der Waals surface area contributed by atoms with Crippen LogP contribution in [0.15, 0.2) is 54.6 Å². The lowest BCUT2D eigenvalue weighted by Crippen LogP contribution is -2.71. The summed E-state index contributed by atoms with van der Waals surface area (Å²) in [4.78, 5) is 13.0. The molecule has 0 spiro atoms. The van der Waals surface area contributed by atoms with Gasteiger partial charge in [0, 0.05) is 30.2 Å². The minimum atomic E-state index is -0.778. The van der Waals surface area contributed by atoms with Crippen LogP contribution in [-0.4, -0.2) is 60.9 Å². The molecule has 5 heteroatoms. The van der Waals surface area contributed by atoms with Gasteiger partial charge in [-0.3, -0.25) is 4.79 Å². The summed E-state index contributed by atoms with van der Waals surface area (Å²) in [6.07, 6.45) is 10.7. The number of aryl methyl sites for hydroxylation is 1. The fraction of sp³-hybridized carbons (Fsp3) is 0.606. The van der Waals surface area contributed by atoms with Gasteiger partial charge >= 0.3 is 0 Å². The molecule has 0 bridgehead atoms. The first-order chi connectivity index (χ1) is 18.3. The van der Waals surface area contributed by atoms with Crippen LogP contribution < -0.4 is 10.1 Å². The number of ether oxygens (including phenoxy) is 1. The van der Waals surface area contributed by atoms with Crippen LogP contribution in [0.5, 0.6) is 5.75 Å². The van der Waals surface area contributed by atoms with E-state index in [4.69, 9.17) is 4.74 Å². The molecule has 38 heavy (non-hydrogen) atoms. The summed E-state index contributed by atoms with van der Waals surface area (Å²) < 4.78 is 6.55. The number of piperidine rings is 1. The molecular weight excluding hydrogens is 472 g/mol. The number of fused-ring (bicyclic) bond motifs is 1. The van der Waals surface area contributed by atoms with Crippen molar-refractivity contribution in [1.29, 1.82) is 0 Å². The molecule has 5 rings (SSSR count). The topological polar surface area (TPSA) is 58.6 Å². The van der Waals surface area contributed by atoms with E-state index in [-0.39, 0.29) is 17.4 Å². The van der Waals surface area contributed by atoms with Gasteiger partial charge in [-0.15, -0.1) is 0 Å². The third-order valence-electron chi connectivity index (χ3n) is 9.71. The molecule has 2 aromatic carbocycles. The van der Waals surface area contributed by atoms with Gasteiger partial charge in [0.2, 0.25) is 5.91 Å². The maximum atomic E-state index is 13.0. The van der Waals surface area contributed by atoms with E-state index in [1.54, 1.807) is 7.11 Å². The van der Waals surface area contributed by atoms with Gasteiger partial charge in [-0.25, -0.2) is 0 Å². The Bertz CT molecular complexity index is 1090. The van der Waals surface area contributed by atoms with Gasteiger partial charge in [-0.05, 0) is 74.6 Å². The van der Waals surface area contributed by atoms with Crippen molar-refractivity contribution in [1.82, 2.24) is 5.32 Å². The molecule has 206 valence electrons. The van der Waals surface area contributed by atoms with Crippen LogP contribution in [-0.2, 0) is 16.6 Å². The smallest absolute Gasteiger partial charge is 0.220 e. The van der Waals surface area contributed by atoms with Crippen molar-refractivity contribution in [3.8, 4) is 5.75 Å². The van der Waals surface area contributed by atoms with E-state index in [0.29, 0.717) is 6.42 Å². The Morgan fingerprint density at radius 2 is 1.87 bits per heavy atom. The number of carbonyl (C=O) groups excluding carboxylic acids is 1. The Morgan fingerprint density at radius 3 is 2.63 bits per heavy atom. The van der Waals surface area contributed by atoms with Gasteiger partial charge < -0.3 is 19.6 Å².